The highest BCUT2D eigenvalue weighted by Crippen LogP contribution is 2.21. The van der Waals surface area contributed by atoms with E-state index in [9.17, 15) is 0 Å². The fourth-order valence-electron chi connectivity index (χ4n) is 2.32. The zero-order chi connectivity index (χ0) is 13.7. The lowest BCUT2D eigenvalue weighted by Crippen LogP contribution is -2.19. The molecule has 100 valence electrons. The predicted octanol–water partition coefficient (Wildman–Crippen LogP) is 4.51. The molecular weight excluding hydrogens is 298 g/mol. The van der Waals surface area contributed by atoms with E-state index >= 15 is 0 Å². The SMILES string of the molecule is CCc1cccc(C(Cc2cccc(Br)c2)NC)c1. The molecule has 0 saturated carbocycles. The molecule has 1 nitrogen and oxygen atoms in total. The molecule has 1 unspecified atom stereocenters. The van der Waals surface area contributed by atoms with Crippen molar-refractivity contribution >= 4 is 15.9 Å². The number of likely N-dealkylation sites (N-methyl/N-ethyl adjacent to an activating group) is 1. The second-order valence-corrected chi connectivity index (χ2v) is 5.69. The first-order chi connectivity index (χ1) is 9.22. The van der Waals surface area contributed by atoms with Gasteiger partial charge < -0.3 is 5.32 Å². The van der Waals surface area contributed by atoms with Crippen LogP contribution in [0.4, 0.5) is 0 Å². The Morgan fingerprint density at radius 3 is 2.47 bits per heavy atom. The summed E-state index contributed by atoms with van der Waals surface area (Å²) in [4.78, 5) is 0. The minimum atomic E-state index is 0.362. The summed E-state index contributed by atoms with van der Waals surface area (Å²) in [5.74, 6) is 0. The molecule has 2 aromatic carbocycles. The summed E-state index contributed by atoms with van der Waals surface area (Å²) >= 11 is 3.53. The molecule has 19 heavy (non-hydrogen) atoms. The quantitative estimate of drug-likeness (QED) is 0.855. The third-order valence-electron chi connectivity index (χ3n) is 3.44. The highest BCUT2D eigenvalue weighted by molar-refractivity contribution is 9.10. The zero-order valence-electron chi connectivity index (χ0n) is 11.5. The van der Waals surface area contributed by atoms with Crippen LogP contribution in [0.25, 0.3) is 0 Å². The maximum atomic E-state index is 3.53. The van der Waals surface area contributed by atoms with E-state index in [0.29, 0.717) is 6.04 Å². The molecule has 2 aromatic rings. The Kier molecular flexibility index (Phi) is 5.17. The number of hydrogen-bond donors (Lipinski definition) is 1. The molecule has 0 radical (unpaired) electrons. The summed E-state index contributed by atoms with van der Waals surface area (Å²) in [6.45, 7) is 2.20. The van der Waals surface area contributed by atoms with Gasteiger partial charge in [-0.1, -0.05) is 59.3 Å². The molecule has 1 atom stereocenters. The molecule has 0 aromatic heterocycles. The van der Waals surface area contributed by atoms with Gasteiger partial charge in [-0.25, -0.2) is 0 Å². The standard InChI is InChI=1S/C17H20BrN/c1-3-13-6-4-8-15(10-13)17(19-2)12-14-7-5-9-16(18)11-14/h4-11,17,19H,3,12H2,1-2H3. The van der Waals surface area contributed by atoms with Crippen molar-refractivity contribution in [1.82, 2.24) is 5.32 Å². The second-order valence-electron chi connectivity index (χ2n) is 4.77. The Morgan fingerprint density at radius 2 is 1.79 bits per heavy atom. The average molecular weight is 318 g/mol. The van der Waals surface area contributed by atoms with E-state index in [2.05, 4.69) is 76.7 Å². The number of aryl methyl sites for hydroxylation is 1. The first-order valence-electron chi connectivity index (χ1n) is 6.73. The Labute approximate surface area is 124 Å². The molecule has 1 N–H and O–H groups in total. The zero-order valence-corrected chi connectivity index (χ0v) is 13.1. The Bertz CT molecular complexity index is 536. The number of nitrogens with one attached hydrogen (secondary N) is 1. The van der Waals surface area contributed by atoms with E-state index in [0.717, 1.165) is 17.3 Å². The highest BCUT2D eigenvalue weighted by atomic mass is 79.9. The molecule has 0 fully saturated rings. The second kappa shape index (κ2) is 6.88. The van der Waals surface area contributed by atoms with Crippen molar-refractivity contribution in [2.75, 3.05) is 7.05 Å². The van der Waals surface area contributed by atoms with Crippen LogP contribution < -0.4 is 5.32 Å². The molecule has 0 bridgehead atoms. The van der Waals surface area contributed by atoms with E-state index in [-0.39, 0.29) is 0 Å². The Morgan fingerprint density at radius 1 is 1.05 bits per heavy atom. The van der Waals surface area contributed by atoms with Crippen LogP contribution >= 0.6 is 15.9 Å². The summed E-state index contributed by atoms with van der Waals surface area (Å²) in [5.41, 5.74) is 4.10. The predicted molar refractivity (Wildman–Crippen MR) is 85.5 cm³/mol. The van der Waals surface area contributed by atoms with Crippen LogP contribution in [-0.4, -0.2) is 7.05 Å². The third kappa shape index (κ3) is 3.92. The molecule has 2 heteroatoms. The number of rotatable bonds is 5. The number of hydrogen-bond acceptors (Lipinski definition) is 1. The van der Waals surface area contributed by atoms with Gasteiger partial charge in [0.25, 0.3) is 0 Å². The van der Waals surface area contributed by atoms with Crippen molar-refractivity contribution in [3.05, 3.63) is 69.7 Å². The van der Waals surface area contributed by atoms with Crippen LogP contribution in [0, 0.1) is 0 Å². The lowest BCUT2D eigenvalue weighted by atomic mass is 9.97. The van der Waals surface area contributed by atoms with Gasteiger partial charge in [0.2, 0.25) is 0 Å². The van der Waals surface area contributed by atoms with Gasteiger partial charge in [-0.3, -0.25) is 0 Å². The monoisotopic (exact) mass is 317 g/mol. The Hall–Kier alpha value is -1.12. The summed E-state index contributed by atoms with van der Waals surface area (Å²) in [6.07, 6.45) is 2.09. The van der Waals surface area contributed by atoms with Crippen molar-refractivity contribution in [2.24, 2.45) is 0 Å². The topological polar surface area (TPSA) is 12.0 Å². The van der Waals surface area contributed by atoms with Gasteiger partial charge in [0.15, 0.2) is 0 Å². The third-order valence-corrected chi connectivity index (χ3v) is 3.93. The fraction of sp³-hybridized carbons (Fsp3) is 0.294. The molecule has 0 saturated heterocycles. The van der Waals surface area contributed by atoms with Gasteiger partial charge >= 0.3 is 0 Å². The molecule has 0 aliphatic rings. The molecule has 0 spiro atoms. The molecular formula is C17H20BrN. The molecule has 0 heterocycles. The van der Waals surface area contributed by atoms with Gasteiger partial charge in [0.05, 0.1) is 0 Å². The first kappa shape index (κ1) is 14.3. The number of benzene rings is 2. The highest BCUT2D eigenvalue weighted by Gasteiger charge is 2.10. The van der Waals surface area contributed by atoms with Gasteiger partial charge in [-0.05, 0) is 48.7 Å². The normalized spacial score (nSPS) is 12.4. The smallest absolute Gasteiger partial charge is 0.0358 e. The maximum absolute atomic E-state index is 3.53. The minimum Gasteiger partial charge on any atom is -0.313 e. The van der Waals surface area contributed by atoms with Crippen molar-refractivity contribution in [3.8, 4) is 0 Å². The van der Waals surface area contributed by atoms with Crippen LogP contribution in [0.5, 0.6) is 0 Å². The summed E-state index contributed by atoms with van der Waals surface area (Å²) in [6, 6.07) is 17.7. The van der Waals surface area contributed by atoms with Gasteiger partial charge in [0.1, 0.15) is 0 Å². The van der Waals surface area contributed by atoms with Gasteiger partial charge in [0, 0.05) is 10.5 Å². The summed E-state index contributed by atoms with van der Waals surface area (Å²) in [7, 11) is 2.03. The average Bonchev–Trinajstić information content (AvgIpc) is 2.45. The van der Waals surface area contributed by atoms with Crippen LogP contribution in [0.2, 0.25) is 0 Å². The van der Waals surface area contributed by atoms with Crippen LogP contribution in [0.3, 0.4) is 0 Å². The fourth-order valence-corrected chi connectivity index (χ4v) is 2.76. The van der Waals surface area contributed by atoms with Crippen LogP contribution in [0.15, 0.2) is 53.0 Å². The molecule has 0 aliphatic carbocycles. The van der Waals surface area contributed by atoms with Crippen LogP contribution in [0.1, 0.15) is 29.7 Å². The van der Waals surface area contributed by atoms with Crippen molar-refractivity contribution < 1.29 is 0 Å². The van der Waals surface area contributed by atoms with Crippen molar-refractivity contribution in [3.63, 3.8) is 0 Å². The maximum Gasteiger partial charge on any atom is 0.0358 e. The van der Waals surface area contributed by atoms with E-state index in [1.165, 1.54) is 16.7 Å². The van der Waals surface area contributed by atoms with Crippen LogP contribution in [-0.2, 0) is 12.8 Å². The number of halogens is 1. The van der Waals surface area contributed by atoms with E-state index < -0.39 is 0 Å². The molecule has 0 amide bonds. The van der Waals surface area contributed by atoms with E-state index in [1.807, 2.05) is 7.05 Å². The van der Waals surface area contributed by atoms with Gasteiger partial charge in [-0.2, -0.15) is 0 Å². The van der Waals surface area contributed by atoms with E-state index in [1.54, 1.807) is 0 Å². The minimum absolute atomic E-state index is 0.362. The Balaban J connectivity index is 2.19. The summed E-state index contributed by atoms with van der Waals surface area (Å²) in [5, 5.41) is 3.42. The largest absolute Gasteiger partial charge is 0.313 e. The molecule has 0 aliphatic heterocycles. The lowest BCUT2D eigenvalue weighted by molar-refractivity contribution is 0.591. The molecule has 2 rings (SSSR count). The first-order valence-corrected chi connectivity index (χ1v) is 7.52. The van der Waals surface area contributed by atoms with Gasteiger partial charge in [-0.15, -0.1) is 0 Å². The van der Waals surface area contributed by atoms with Crippen molar-refractivity contribution in [1.29, 1.82) is 0 Å². The summed E-state index contributed by atoms with van der Waals surface area (Å²) < 4.78 is 1.14. The lowest BCUT2D eigenvalue weighted by Gasteiger charge is -2.18. The van der Waals surface area contributed by atoms with E-state index in [4.69, 9.17) is 0 Å². The van der Waals surface area contributed by atoms with Crippen molar-refractivity contribution in [2.45, 2.75) is 25.8 Å².